The minimum Gasteiger partial charge on any atom is -0.376 e. The van der Waals surface area contributed by atoms with E-state index in [1.165, 1.54) is 12.1 Å². The number of carbonyl (C=O) groups excluding carboxylic acids is 3. The number of nitrogens with zero attached hydrogens (tertiary/aromatic N) is 1. The molecule has 0 aliphatic rings. The highest BCUT2D eigenvalue weighted by atomic mass is 79.9. The summed E-state index contributed by atoms with van der Waals surface area (Å²) >= 11 is 0. The third kappa shape index (κ3) is 5.97. The lowest BCUT2D eigenvalue weighted by Gasteiger charge is -2.11. The van der Waals surface area contributed by atoms with E-state index in [1.807, 2.05) is 0 Å². The zero-order valence-corrected chi connectivity index (χ0v) is 15.7. The van der Waals surface area contributed by atoms with E-state index in [0.717, 1.165) is 6.07 Å². The number of non-ortho nitro benzene ring substituents is 1. The number of rotatable bonds is 7. The molecule has 2 aromatic rings. The second-order valence-electron chi connectivity index (χ2n) is 5.21. The Labute approximate surface area is 164 Å². The standard InChI is InChI=1S/C17H16N4O5.BrH/c18-9-15(22)20-16(23)10-19-14-7-6-12(21(25)26)8-13(14)17(24)11-4-2-1-3-5-11;/h1-8,19H,9-10,18H2,(H,20,22,23);1H. The molecule has 0 aliphatic carbocycles. The maximum atomic E-state index is 12.7. The second kappa shape index (κ2) is 10.1. The minimum atomic E-state index is -0.642. The number of nitrogens with one attached hydrogen (secondary N) is 2. The van der Waals surface area contributed by atoms with Gasteiger partial charge in [-0.15, -0.1) is 17.0 Å². The Kier molecular flexibility index (Phi) is 8.24. The molecule has 0 saturated heterocycles. The number of amides is 2. The van der Waals surface area contributed by atoms with Crippen molar-refractivity contribution < 1.29 is 19.3 Å². The Balaban J connectivity index is 0.00000364. The number of hydrogen-bond acceptors (Lipinski definition) is 7. The van der Waals surface area contributed by atoms with E-state index in [9.17, 15) is 24.5 Å². The van der Waals surface area contributed by atoms with Crippen LogP contribution in [0.15, 0.2) is 48.5 Å². The number of ketones is 1. The van der Waals surface area contributed by atoms with Crippen molar-refractivity contribution in [1.82, 2.24) is 5.32 Å². The normalized spacial score (nSPS) is 9.67. The summed E-state index contributed by atoms with van der Waals surface area (Å²) in [4.78, 5) is 45.8. The van der Waals surface area contributed by atoms with Crippen LogP contribution in [0.3, 0.4) is 0 Å². The van der Waals surface area contributed by atoms with Crippen LogP contribution in [0.2, 0.25) is 0 Å². The Bertz CT molecular complexity index is 858. The monoisotopic (exact) mass is 436 g/mol. The van der Waals surface area contributed by atoms with E-state index in [4.69, 9.17) is 5.73 Å². The molecule has 2 amide bonds. The summed E-state index contributed by atoms with van der Waals surface area (Å²) in [5.74, 6) is -1.71. The van der Waals surface area contributed by atoms with Crippen molar-refractivity contribution in [1.29, 1.82) is 0 Å². The van der Waals surface area contributed by atoms with Gasteiger partial charge in [0.05, 0.1) is 23.6 Å². The van der Waals surface area contributed by atoms with Crippen LogP contribution in [0.1, 0.15) is 15.9 Å². The topological polar surface area (TPSA) is 144 Å². The first-order chi connectivity index (χ1) is 12.4. The average Bonchev–Trinajstić information content (AvgIpc) is 2.66. The number of anilines is 1. The lowest BCUT2D eigenvalue weighted by atomic mass is 10.0. The summed E-state index contributed by atoms with van der Waals surface area (Å²) in [6.45, 7) is -0.639. The highest BCUT2D eigenvalue weighted by Crippen LogP contribution is 2.24. The smallest absolute Gasteiger partial charge is 0.270 e. The van der Waals surface area contributed by atoms with Gasteiger partial charge in [0.2, 0.25) is 11.8 Å². The van der Waals surface area contributed by atoms with Gasteiger partial charge >= 0.3 is 0 Å². The molecule has 0 radical (unpaired) electrons. The summed E-state index contributed by atoms with van der Waals surface area (Å²) in [6, 6.07) is 11.9. The SMILES string of the molecule is Br.NCC(=O)NC(=O)CNc1ccc([N+](=O)[O-])cc1C(=O)c1ccccc1. The molecule has 2 rings (SSSR count). The van der Waals surface area contributed by atoms with Gasteiger partial charge < -0.3 is 11.1 Å². The van der Waals surface area contributed by atoms with E-state index >= 15 is 0 Å². The van der Waals surface area contributed by atoms with Crippen LogP contribution in [-0.4, -0.2) is 35.6 Å². The van der Waals surface area contributed by atoms with Crippen LogP contribution in [0.5, 0.6) is 0 Å². The van der Waals surface area contributed by atoms with Crippen LogP contribution in [-0.2, 0) is 9.59 Å². The van der Waals surface area contributed by atoms with Gasteiger partial charge in [0.25, 0.3) is 5.69 Å². The molecule has 0 aromatic heterocycles. The first-order valence-electron chi connectivity index (χ1n) is 7.57. The molecule has 9 nitrogen and oxygen atoms in total. The molecule has 4 N–H and O–H groups in total. The van der Waals surface area contributed by atoms with Crippen molar-refractivity contribution in [2.75, 3.05) is 18.4 Å². The second-order valence-corrected chi connectivity index (χ2v) is 5.21. The van der Waals surface area contributed by atoms with Crippen LogP contribution in [0.4, 0.5) is 11.4 Å². The molecule has 0 bridgehead atoms. The molecule has 27 heavy (non-hydrogen) atoms. The number of imide groups is 1. The molecular weight excluding hydrogens is 420 g/mol. The zero-order valence-electron chi connectivity index (χ0n) is 14.0. The molecule has 0 heterocycles. The number of benzene rings is 2. The maximum Gasteiger partial charge on any atom is 0.270 e. The van der Waals surface area contributed by atoms with Gasteiger partial charge in [-0.1, -0.05) is 30.3 Å². The van der Waals surface area contributed by atoms with Crippen molar-refractivity contribution in [3.05, 3.63) is 69.8 Å². The molecule has 0 spiro atoms. The summed E-state index contributed by atoms with van der Waals surface area (Å²) in [7, 11) is 0. The highest BCUT2D eigenvalue weighted by Gasteiger charge is 2.18. The zero-order chi connectivity index (χ0) is 19.1. The van der Waals surface area contributed by atoms with E-state index in [0.29, 0.717) is 5.56 Å². The van der Waals surface area contributed by atoms with Crippen molar-refractivity contribution >= 4 is 46.0 Å². The number of carbonyl (C=O) groups is 3. The fourth-order valence-electron chi connectivity index (χ4n) is 2.16. The quantitative estimate of drug-likeness (QED) is 0.338. The van der Waals surface area contributed by atoms with Gasteiger partial charge in [0, 0.05) is 23.4 Å². The third-order valence-electron chi connectivity index (χ3n) is 3.40. The van der Waals surface area contributed by atoms with Gasteiger partial charge in [-0.2, -0.15) is 0 Å². The molecule has 10 heteroatoms. The molecule has 2 aromatic carbocycles. The molecular formula is C17H17BrN4O5. The highest BCUT2D eigenvalue weighted by molar-refractivity contribution is 8.93. The first kappa shape index (κ1) is 21.9. The van der Waals surface area contributed by atoms with Crippen molar-refractivity contribution in [3.63, 3.8) is 0 Å². The number of nitro groups is 1. The maximum absolute atomic E-state index is 12.7. The van der Waals surface area contributed by atoms with Crippen LogP contribution in [0, 0.1) is 10.1 Å². The van der Waals surface area contributed by atoms with E-state index in [1.54, 1.807) is 30.3 Å². The first-order valence-corrected chi connectivity index (χ1v) is 7.57. The number of halogens is 1. The Morgan fingerprint density at radius 2 is 1.70 bits per heavy atom. The summed E-state index contributed by atoms with van der Waals surface area (Å²) in [6.07, 6.45) is 0. The van der Waals surface area contributed by atoms with E-state index in [2.05, 4.69) is 10.6 Å². The predicted octanol–water partition coefficient (Wildman–Crippen LogP) is 1.42. The number of nitro benzene ring substituents is 1. The summed E-state index contributed by atoms with van der Waals surface area (Å²) in [5, 5.41) is 15.8. The molecule has 0 atom stereocenters. The van der Waals surface area contributed by atoms with E-state index < -0.39 is 22.5 Å². The number of hydrogen-bond donors (Lipinski definition) is 3. The van der Waals surface area contributed by atoms with Gasteiger partial charge in [0.15, 0.2) is 5.78 Å². The van der Waals surface area contributed by atoms with Crippen molar-refractivity contribution in [2.45, 2.75) is 0 Å². The predicted molar refractivity (Wildman–Crippen MR) is 104 cm³/mol. The molecule has 0 aliphatic heterocycles. The third-order valence-corrected chi connectivity index (χ3v) is 3.40. The van der Waals surface area contributed by atoms with Crippen molar-refractivity contribution in [3.8, 4) is 0 Å². The van der Waals surface area contributed by atoms with Crippen LogP contribution in [0.25, 0.3) is 0 Å². The van der Waals surface area contributed by atoms with Crippen molar-refractivity contribution in [2.24, 2.45) is 5.73 Å². The summed E-state index contributed by atoms with van der Waals surface area (Å²) < 4.78 is 0. The Morgan fingerprint density at radius 3 is 2.30 bits per heavy atom. The van der Waals surface area contributed by atoms with E-state index in [-0.39, 0.29) is 47.0 Å². The summed E-state index contributed by atoms with van der Waals surface area (Å²) in [5.41, 5.74) is 5.48. The van der Waals surface area contributed by atoms with Gasteiger partial charge in [-0.05, 0) is 6.07 Å². The average molecular weight is 437 g/mol. The minimum absolute atomic E-state index is 0. The molecule has 0 unspecified atom stereocenters. The van der Waals surface area contributed by atoms with Crippen LogP contribution >= 0.6 is 17.0 Å². The molecule has 0 fully saturated rings. The lowest BCUT2D eigenvalue weighted by Crippen LogP contribution is -2.38. The fourth-order valence-corrected chi connectivity index (χ4v) is 2.16. The van der Waals surface area contributed by atoms with Crippen LogP contribution < -0.4 is 16.4 Å². The number of nitrogens with two attached hydrogens (primary N) is 1. The fraction of sp³-hybridized carbons (Fsp3) is 0.118. The molecule has 0 saturated carbocycles. The van der Waals surface area contributed by atoms with Gasteiger partial charge in [-0.25, -0.2) is 0 Å². The molecule has 142 valence electrons. The Morgan fingerprint density at radius 1 is 1.04 bits per heavy atom. The van der Waals surface area contributed by atoms with Gasteiger partial charge in [-0.3, -0.25) is 29.8 Å². The Hall–Kier alpha value is -3.11. The van der Waals surface area contributed by atoms with Gasteiger partial charge in [0.1, 0.15) is 0 Å². The largest absolute Gasteiger partial charge is 0.376 e. The lowest BCUT2D eigenvalue weighted by molar-refractivity contribution is -0.384.